The maximum absolute atomic E-state index is 11.8. The van der Waals surface area contributed by atoms with Crippen LogP contribution >= 0.6 is 23.2 Å². The summed E-state index contributed by atoms with van der Waals surface area (Å²) in [6.07, 6.45) is 2.41. The van der Waals surface area contributed by atoms with Crippen LogP contribution in [0.2, 0.25) is 10.0 Å². The van der Waals surface area contributed by atoms with Crippen molar-refractivity contribution in [3.63, 3.8) is 0 Å². The van der Waals surface area contributed by atoms with Gasteiger partial charge in [0.1, 0.15) is 0 Å². The molecule has 0 bridgehead atoms. The van der Waals surface area contributed by atoms with Gasteiger partial charge in [-0.2, -0.15) is 5.10 Å². The van der Waals surface area contributed by atoms with Crippen molar-refractivity contribution in [2.45, 2.75) is 13.3 Å². The van der Waals surface area contributed by atoms with Crippen molar-refractivity contribution < 1.29 is 9.59 Å². The zero-order valence-electron chi connectivity index (χ0n) is 12.8. The molecule has 7 heteroatoms. The van der Waals surface area contributed by atoms with Gasteiger partial charge in [0.15, 0.2) is 0 Å². The first-order valence-corrected chi connectivity index (χ1v) is 7.93. The highest BCUT2D eigenvalue weighted by Crippen LogP contribution is 2.22. The van der Waals surface area contributed by atoms with Crippen molar-refractivity contribution in [2.75, 3.05) is 5.32 Å². The molecule has 2 N–H and O–H groups in total. The van der Waals surface area contributed by atoms with Crippen LogP contribution in [0.25, 0.3) is 0 Å². The Kier molecular flexibility index (Phi) is 6.35. The smallest absolute Gasteiger partial charge is 0.318 e. The van der Waals surface area contributed by atoms with E-state index >= 15 is 0 Å². The summed E-state index contributed by atoms with van der Waals surface area (Å²) in [6.45, 7) is 2.06. The molecule has 2 aromatic carbocycles. The van der Waals surface area contributed by atoms with E-state index in [0.717, 1.165) is 12.0 Å². The van der Waals surface area contributed by atoms with Gasteiger partial charge in [0.25, 0.3) is 0 Å². The normalized spacial score (nSPS) is 10.6. The lowest BCUT2D eigenvalue weighted by Gasteiger charge is -2.05. The summed E-state index contributed by atoms with van der Waals surface area (Å²) in [5, 5.41) is 6.86. The molecule has 0 aromatic heterocycles. The molecule has 0 aliphatic carbocycles. The summed E-state index contributed by atoms with van der Waals surface area (Å²) in [4.78, 5) is 23.5. The Morgan fingerprint density at radius 1 is 1.04 bits per heavy atom. The van der Waals surface area contributed by atoms with E-state index < -0.39 is 11.8 Å². The number of nitrogens with zero attached hydrogens (tertiary/aromatic N) is 1. The first kappa shape index (κ1) is 18.0. The Balaban J connectivity index is 1.91. The summed E-state index contributed by atoms with van der Waals surface area (Å²) in [5.41, 5.74) is 4.51. The molecule has 0 spiro atoms. The fourth-order valence-corrected chi connectivity index (χ4v) is 2.40. The van der Waals surface area contributed by atoms with Gasteiger partial charge < -0.3 is 5.32 Å². The molecule has 0 saturated heterocycles. The Morgan fingerprint density at radius 3 is 2.25 bits per heavy atom. The minimum atomic E-state index is -0.896. The number of anilines is 1. The van der Waals surface area contributed by atoms with E-state index in [1.165, 1.54) is 30.0 Å². The zero-order chi connectivity index (χ0) is 17.5. The number of rotatable bonds is 4. The quantitative estimate of drug-likeness (QED) is 0.494. The van der Waals surface area contributed by atoms with E-state index in [2.05, 4.69) is 22.8 Å². The molecule has 2 rings (SSSR count). The van der Waals surface area contributed by atoms with E-state index in [-0.39, 0.29) is 0 Å². The molecule has 0 unspecified atom stereocenters. The minimum Gasteiger partial charge on any atom is -0.318 e. The number of amides is 2. The lowest BCUT2D eigenvalue weighted by molar-refractivity contribution is -0.136. The number of benzene rings is 2. The van der Waals surface area contributed by atoms with Gasteiger partial charge in [0.2, 0.25) is 0 Å². The standard InChI is InChI=1S/C17H15Cl2N3O2/c1-2-11-3-5-12(6-4-11)10-20-22-17(24)16(23)21-15-8-13(18)7-14(19)9-15/h3-10H,2H2,1H3,(H,21,23)(H,22,24)/b20-10+. The van der Waals surface area contributed by atoms with Crippen molar-refractivity contribution in [3.05, 3.63) is 63.6 Å². The molecule has 0 aliphatic heterocycles. The Bertz CT molecular complexity index is 754. The van der Waals surface area contributed by atoms with E-state index in [9.17, 15) is 9.59 Å². The maximum atomic E-state index is 11.8. The lowest BCUT2D eigenvalue weighted by Crippen LogP contribution is -2.32. The van der Waals surface area contributed by atoms with Crippen LogP contribution in [0.5, 0.6) is 0 Å². The van der Waals surface area contributed by atoms with Gasteiger partial charge >= 0.3 is 11.8 Å². The lowest BCUT2D eigenvalue weighted by atomic mass is 10.1. The third-order valence-electron chi connectivity index (χ3n) is 3.09. The van der Waals surface area contributed by atoms with Crippen LogP contribution in [0.4, 0.5) is 5.69 Å². The number of hydrogen-bond donors (Lipinski definition) is 2. The second-order valence-corrected chi connectivity index (χ2v) is 5.78. The van der Waals surface area contributed by atoms with Gasteiger partial charge in [-0.3, -0.25) is 9.59 Å². The van der Waals surface area contributed by atoms with Crippen molar-refractivity contribution in [3.8, 4) is 0 Å². The average molecular weight is 364 g/mol. The van der Waals surface area contributed by atoms with E-state index in [1.54, 1.807) is 0 Å². The topological polar surface area (TPSA) is 70.6 Å². The summed E-state index contributed by atoms with van der Waals surface area (Å²) in [7, 11) is 0. The Morgan fingerprint density at radius 2 is 1.67 bits per heavy atom. The third-order valence-corrected chi connectivity index (χ3v) is 3.53. The summed E-state index contributed by atoms with van der Waals surface area (Å²) in [6, 6.07) is 12.2. The number of hydrogen-bond acceptors (Lipinski definition) is 3. The zero-order valence-corrected chi connectivity index (χ0v) is 14.4. The van der Waals surface area contributed by atoms with Crippen LogP contribution in [0, 0.1) is 0 Å². The van der Waals surface area contributed by atoms with E-state index in [1.807, 2.05) is 24.3 Å². The molecular weight excluding hydrogens is 349 g/mol. The number of halogens is 2. The molecule has 124 valence electrons. The average Bonchev–Trinajstić information content (AvgIpc) is 2.54. The highest BCUT2D eigenvalue weighted by atomic mass is 35.5. The minimum absolute atomic E-state index is 0.326. The van der Waals surface area contributed by atoms with Gasteiger partial charge in [-0.1, -0.05) is 54.4 Å². The highest BCUT2D eigenvalue weighted by molar-refractivity contribution is 6.40. The second-order valence-electron chi connectivity index (χ2n) is 4.91. The largest absolute Gasteiger partial charge is 0.329 e. The number of nitrogens with one attached hydrogen (secondary N) is 2. The SMILES string of the molecule is CCc1ccc(/C=N/NC(=O)C(=O)Nc2cc(Cl)cc(Cl)c2)cc1. The molecular formula is C17H15Cl2N3O2. The van der Waals surface area contributed by atoms with Gasteiger partial charge in [-0.05, 0) is 35.7 Å². The molecule has 0 aliphatic rings. The predicted molar refractivity (Wildman–Crippen MR) is 96.6 cm³/mol. The first-order valence-electron chi connectivity index (χ1n) is 7.17. The maximum Gasteiger partial charge on any atom is 0.329 e. The summed E-state index contributed by atoms with van der Waals surface area (Å²) in [5.74, 6) is -1.76. The van der Waals surface area contributed by atoms with Crippen molar-refractivity contribution >= 4 is 46.9 Å². The van der Waals surface area contributed by atoms with Crippen LogP contribution in [0.15, 0.2) is 47.6 Å². The molecule has 0 atom stereocenters. The fourth-order valence-electron chi connectivity index (χ4n) is 1.87. The van der Waals surface area contributed by atoms with Crippen LogP contribution in [-0.2, 0) is 16.0 Å². The molecule has 0 radical (unpaired) electrons. The molecule has 0 heterocycles. The highest BCUT2D eigenvalue weighted by Gasteiger charge is 2.13. The van der Waals surface area contributed by atoms with Crippen molar-refractivity contribution in [1.82, 2.24) is 5.43 Å². The monoisotopic (exact) mass is 363 g/mol. The molecule has 0 fully saturated rings. The van der Waals surface area contributed by atoms with Gasteiger partial charge in [0, 0.05) is 15.7 Å². The van der Waals surface area contributed by atoms with Crippen LogP contribution < -0.4 is 10.7 Å². The molecule has 24 heavy (non-hydrogen) atoms. The molecule has 0 saturated carbocycles. The van der Waals surface area contributed by atoms with Crippen LogP contribution in [0.1, 0.15) is 18.1 Å². The fraction of sp³-hybridized carbons (Fsp3) is 0.118. The second kappa shape index (κ2) is 8.47. The van der Waals surface area contributed by atoms with Crippen LogP contribution in [0.3, 0.4) is 0 Å². The van der Waals surface area contributed by atoms with Gasteiger partial charge in [-0.15, -0.1) is 0 Å². The summed E-state index contributed by atoms with van der Waals surface area (Å²) >= 11 is 11.7. The number of hydrazone groups is 1. The Hall–Kier alpha value is -2.37. The Labute approximate surface area is 149 Å². The summed E-state index contributed by atoms with van der Waals surface area (Å²) < 4.78 is 0. The molecule has 2 aromatic rings. The van der Waals surface area contributed by atoms with Crippen LogP contribution in [-0.4, -0.2) is 18.0 Å². The number of carbonyl (C=O) groups excluding carboxylic acids is 2. The predicted octanol–water partition coefficient (Wildman–Crippen LogP) is 3.64. The van der Waals surface area contributed by atoms with Crippen molar-refractivity contribution in [1.29, 1.82) is 0 Å². The number of aryl methyl sites for hydroxylation is 1. The molecule has 2 amide bonds. The number of carbonyl (C=O) groups is 2. The van der Waals surface area contributed by atoms with Crippen molar-refractivity contribution in [2.24, 2.45) is 5.10 Å². The first-order chi connectivity index (χ1) is 11.5. The van der Waals surface area contributed by atoms with Gasteiger partial charge in [0.05, 0.1) is 6.21 Å². The third kappa shape index (κ3) is 5.37. The van der Waals surface area contributed by atoms with E-state index in [4.69, 9.17) is 23.2 Å². The van der Waals surface area contributed by atoms with E-state index in [0.29, 0.717) is 15.7 Å². The van der Waals surface area contributed by atoms with Gasteiger partial charge in [-0.25, -0.2) is 5.43 Å². The molecule has 5 nitrogen and oxygen atoms in total.